The molecule has 0 unspecified atom stereocenters. The van der Waals surface area contributed by atoms with Crippen LogP contribution in [0.1, 0.15) is 12.5 Å². The number of aromatic nitrogens is 3. The smallest absolute Gasteiger partial charge is 0.243 e. The van der Waals surface area contributed by atoms with Crippen LogP contribution >= 0.6 is 11.8 Å². The fraction of sp³-hybridized carbons (Fsp3) is 0.304. The van der Waals surface area contributed by atoms with Crippen molar-refractivity contribution in [3.05, 3.63) is 72.1 Å². The third kappa shape index (κ3) is 5.52. The van der Waals surface area contributed by atoms with Gasteiger partial charge in [-0.2, -0.15) is 4.31 Å². The fourth-order valence-corrected chi connectivity index (χ4v) is 5.68. The van der Waals surface area contributed by atoms with Crippen LogP contribution < -0.4 is 0 Å². The highest BCUT2D eigenvalue weighted by Crippen LogP contribution is 2.28. The summed E-state index contributed by atoms with van der Waals surface area (Å²) >= 11 is 1.50. The number of hydrogen-bond donors (Lipinski definition) is 0. The minimum Gasteiger partial charge on any atom is -0.379 e. The molecule has 0 bridgehead atoms. The van der Waals surface area contributed by atoms with Gasteiger partial charge in [0.05, 0.1) is 24.7 Å². The lowest BCUT2D eigenvalue weighted by Gasteiger charge is -2.26. The molecule has 0 N–H and O–H groups in total. The molecule has 2 aromatic carbocycles. The SMILES string of the molecule is C=C(C)CSc1nnc(-c2cccc(S(=O)(=O)N3CCOCC3)c2)n1Cc1ccc(F)cc1. The molecule has 0 saturated carbocycles. The number of rotatable bonds is 8. The summed E-state index contributed by atoms with van der Waals surface area (Å²) < 4.78 is 48.3. The second-order valence-electron chi connectivity index (χ2n) is 7.81. The van der Waals surface area contributed by atoms with Crippen molar-refractivity contribution in [3.8, 4) is 11.4 Å². The second-order valence-corrected chi connectivity index (χ2v) is 10.7. The van der Waals surface area contributed by atoms with E-state index >= 15 is 0 Å². The number of morpholine rings is 1. The number of thioether (sulfide) groups is 1. The Balaban J connectivity index is 1.71. The van der Waals surface area contributed by atoms with Gasteiger partial charge in [-0.15, -0.1) is 10.2 Å². The largest absolute Gasteiger partial charge is 0.379 e. The van der Waals surface area contributed by atoms with Gasteiger partial charge in [0.2, 0.25) is 10.0 Å². The Morgan fingerprint density at radius 1 is 1.15 bits per heavy atom. The lowest BCUT2D eigenvalue weighted by Crippen LogP contribution is -2.40. The Morgan fingerprint density at radius 3 is 2.58 bits per heavy atom. The quantitative estimate of drug-likeness (QED) is 0.354. The highest BCUT2D eigenvalue weighted by Gasteiger charge is 2.27. The molecule has 1 aliphatic rings. The zero-order valence-corrected chi connectivity index (χ0v) is 19.9. The van der Waals surface area contributed by atoms with Gasteiger partial charge in [-0.05, 0) is 36.8 Å². The third-order valence-electron chi connectivity index (χ3n) is 5.12. The number of nitrogens with zero attached hydrogens (tertiary/aromatic N) is 4. The summed E-state index contributed by atoms with van der Waals surface area (Å²) in [5.74, 6) is 0.913. The molecule has 1 saturated heterocycles. The van der Waals surface area contributed by atoms with Crippen molar-refractivity contribution in [2.75, 3.05) is 32.1 Å². The van der Waals surface area contributed by atoms with Crippen LogP contribution in [-0.2, 0) is 21.3 Å². The van der Waals surface area contributed by atoms with E-state index in [0.29, 0.717) is 55.1 Å². The van der Waals surface area contributed by atoms with Crippen molar-refractivity contribution < 1.29 is 17.5 Å². The van der Waals surface area contributed by atoms with Crippen LogP contribution in [0.3, 0.4) is 0 Å². The molecule has 10 heteroatoms. The van der Waals surface area contributed by atoms with E-state index in [4.69, 9.17) is 4.74 Å². The standard InChI is InChI=1S/C23H25FN4O3S2/c1-17(2)16-32-23-26-25-22(28(23)15-18-6-8-20(24)9-7-18)19-4-3-5-21(14-19)33(29,30)27-10-12-31-13-11-27/h3-9,14H,1,10-13,15-16H2,2H3. The molecule has 0 amide bonds. The van der Waals surface area contributed by atoms with Gasteiger partial charge in [-0.25, -0.2) is 12.8 Å². The molecule has 1 aromatic heterocycles. The Bertz CT molecular complexity index is 1240. The highest BCUT2D eigenvalue weighted by molar-refractivity contribution is 7.99. The minimum absolute atomic E-state index is 0.203. The maximum absolute atomic E-state index is 13.4. The monoisotopic (exact) mass is 488 g/mol. The highest BCUT2D eigenvalue weighted by atomic mass is 32.2. The predicted molar refractivity (Wildman–Crippen MR) is 126 cm³/mol. The number of benzene rings is 2. The first-order valence-electron chi connectivity index (χ1n) is 10.5. The number of sulfonamides is 1. The van der Waals surface area contributed by atoms with Gasteiger partial charge in [-0.1, -0.05) is 48.2 Å². The van der Waals surface area contributed by atoms with Crippen LogP contribution in [0.4, 0.5) is 4.39 Å². The Labute approximate surface area is 197 Å². The van der Waals surface area contributed by atoms with Crippen LogP contribution in [0.15, 0.2) is 70.7 Å². The van der Waals surface area contributed by atoms with Crippen molar-refractivity contribution in [2.24, 2.45) is 0 Å². The van der Waals surface area contributed by atoms with E-state index in [9.17, 15) is 12.8 Å². The van der Waals surface area contributed by atoms with Gasteiger partial charge in [0.15, 0.2) is 11.0 Å². The molecule has 1 aliphatic heterocycles. The molecule has 174 valence electrons. The summed E-state index contributed by atoms with van der Waals surface area (Å²) in [7, 11) is -3.65. The lowest BCUT2D eigenvalue weighted by molar-refractivity contribution is 0.0730. The molecule has 3 aromatic rings. The van der Waals surface area contributed by atoms with E-state index in [1.165, 1.54) is 28.2 Å². The predicted octanol–water partition coefficient (Wildman–Crippen LogP) is 3.82. The number of hydrogen-bond acceptors (Lipinski definition) is 6. The third-order valence-corrected chi connectivity index (χ3v) is 8.21. The maximum atomic E-state index is 13.4. The summed E-state index contributed by atoms with van der Waals surface area (Å²) in [5.41, 5.74) is 2.52. The van der Waals surface area contributed by atoms with Crippen molar-refractivity contribution in [3.63, 3.8) is 0 Å². The van der Waals surface area contributed by atoms with Crippen LogP contribution in [-0.4, -0.2) is 59.5 Å². The first kappa shape index (κ1) is 23.6. The first-order valence-corrected chi connectivity index (χ1v) is 12.9. The Hall–Kier alpha value is -2.53. The molecule has 1 fully saturated rings. The average molecular weight is 489 g/mol. The van der Waals surface area contributed by atoms with E-state index in [-0.39, 0.29) is 10.7 Å². The van der Waals surface area contributed by atoms with Gasteiger partial charge in [0.1, 0.15) is 5.82 Å². The van der Waals surface area contributed by atoms with E-state index < -0.39 is 10.0 Å². The molecule has 0 aliphatic carbocycles. The molecule has 0 atom stereocenters. The van der Waals surface area contributed by atoms with Crippen LogP contribution in [0.25, 0.3) is 11.4 Å². The van der Waals surface area contributed by atoms with Gasteiger partial charge in [0.25, 0.3) is 0 Å². The number of halogens is 1. The van der Waals surface area contributed by atoms with Gasteiger partial charge >= 0.3 is 0 Å². The molecule has 2 heterocycles. The zero-order valence-electron chi connectivity index (χ0n) is 18.3. The summed E-state index contributed by atoms with van der Waals surface area (Å²) in [6.45, 7) is 7.72. The summed E-state index contributed by atoms with van der Waals surface area (Å²) in [6.07, 6.45) is 0. The van der Waals surface area contributed by atoms with Gasteiger partial charge in [0, 0.05) is 24.4 Å². The number of ether oxygens (including phenoxy) is 1. The lowest BCUT2D eigenvalue weighted by atomic mass is 10.2. The van der Waals surface area contributed by atoms with Crippen molar-refractivity contribution in [2.45, 2.75) is 23.5 Å². The molecule has 0 radical (unpaired) electrons. The molecule has 0 spiro atoms. The maximum Gasteiger partial charge on any atom is 0.243 e. The summed E-state index contributed by atoms with van der Waals surface area (Å²) in [4.78, 5) is 0.203. The normalized spacial score (nSPS) is 15.0. The van der Waals surface area contributed by atoms with E-state index in [1.807, 2.05) is 17.6 Å². The Kier molecular flexibility index (Phi) is 7.28. The van der Waals surface area contributed by atoms with E-state index in [1.54, 1.807) is 30.3 Å². The summed E-state index contributed by atoms with van der Waals surface area (Å²) in [6, 6.07) is 13.0. The molecule has 4 rings (SSSR count). The molecular weight excluding hydrogens is 463 g/mol. The van der Waals surface area contributed by atoms with Crippen molar-refractivity contribution >= 4 is 21.8 Å². The van der Waals surface area contributed by atoms with Crippen LogP contribution in [0.5, 0.6) is 0 Å². The van der Waals surface area contributed by atoms with Crippen LogP contribution in [0.2, 0.25) is 0 Å². The molecule has 7 nitrogen and oxygen atoms in total. The topological polar surface area (TPSA) is 77.3 Å². The van der Waals surface area contributed by atoms with Crippen molar-refractivity contribution in [1.29, 1.82) is 0 Å². The van der Waals surface area contributed by atoms with Crippen LogP contribution in [0, 0.1) is 5.82 Å². The van der Waals surface area contributed by atoms with Crippen molar-refractivity contribution in [1.82, 2.24) is 19.1 Å². The molecule has 33 heavy (non-hydrogen) atoms. The van der Waals surface area contributed by atoms with E-state index in [0.717, 1.165) is 11.1 Å². The summed E-state index contributed by atoms with van der Waals surface area (Å²) in [5, 5.41) is 9.40. The average Bonchev–Trinajstić information content (AvgIpc) is 3.22. The van der Waals surface area contributed by atoms with Gasteiger partial charge in [-0.3, -0.25) is 4.57 Å². The van der Waals surface area contributed by atoms with Gasteiger partial charge < -0.3 is 4.74 Å². The second kappa shape index (κ2) is 10.2. The Morgan fingerprint density at radius 2 is 1.88 bits per heavy atom. The molecular formula is C23H25FN4O3S2. The van der Waals surface area contributed by atoms with E-state index in [2.05, 4.69) is 16.8 Å². The fourth-order valence-electron chi connectivity index (χ4n) is 3.44. The first-order chi connectivity index (χ1) is 15.8. The zero-order chi connectivity index (χ0) is 23.4. The minimum atomic E-state index is -3.65.